The lowest BCUT2D eigenvalue weighted by Gasteiger charge is -2.24. The highest BCUT2D eigenvalue weighted by molar-refractivity contribution is 8.00. The van der Waals surface area contributed by atoms with Crippen molar-refractivity contribution in [3.05, 3.63) is 59.7 Å². The van der Waals surface area contributed by atoms with Gasteiger partial charge < -0.3 is 5.32 Å². The first-order valence-corrected chi connectivity index (χ1v) is 11.6. The number of anilines is 2. The molecule has 0 radical (unpaired) electrons. The zero-order valence-electron chi connectivity index (χ0n) is 17.3. The van der Waals surface area contributed by atoms with Gasteiger partial charge in [0, 0.05) is 17.8 Å². The van der Waals surface area contributed by atoms with Crippen LogP contribution >= 0.6 is 11.8 Å². The largest absolute Gasteiger partial charge is 0.326 e. The topological polar surface area (TPSA) is 49.4 Å². The van der Waals surface area contributed by atoms with Crippen LogP contribution in [0.4, 0.5) is 11.4 Å². The van der Waals surface area contributed by atoms with Crippen LogP contribution in [-0.2, 0) is 16.0 Å². The number of nitrogens with zero attached hydrogens (tertiary/aromatic N) is 1. The molecule has 1 heterocycles. The molecule has 2 aromatic carbocycles. The number of hydrogen-bond donors (Lipinski definition) is 1. The molecule has 1 aliphatic rings. The van der Waals surface area contributed by atoms with Crippen LogP contribution in [0.5, 0.6) is 0 Å². The van der Waals surface area contributed by atoms with Crippen molar-refractivity contribution < 1.29 is 9.59 Å². The molecule has 29 heavy (non-hydrogen) atoms. The Morgan fingerprint density at radius 1 is 1.03 bits per heavy atom. The van der Waals surface area contributed by atoms with Crippen LogP contribution in [0.2, 0.25) is 0 Å². The van der Waals surface area contributed by atoms with Crippen LogP contribution in [0.1, 0.15) is 62.5 Å². The number of unbranched alkanes of at least 4 members (excludes halogenated alkanes) is 3. The Balaban J connectivity index is 1.64. The van der Waals surface area contributed by atoms with Gasteiger partial charge in [0.2, 0.25) is 11.8 Å². The molecule has 4 nitrogen and oxygen atoms in total. The minimum atomic E-state index is -0.0335. The van der Waals surface area contributed by atoms with E-state index in [0.29, 0.717) is 12.2 Å². The minimum Gasteiger partial charge on any atom is -0.326 e. The average molecular weight is 411 g/mol. The SMILES string of the molecule is CCCCCCC(=O)Nc1ccc([C@H]2SCC(=O)N2c2ccc(CC)cc2)cc1. The summed E-state index contributed by atoms with van der Waals surface area (Å²) < 4.78 is 0. The van der Waals surface area contributed by atoms with Gasteiger partial charge in [-0.25, -0.2) is 0 Å². The van der Waals surface area contributed by atoms with Crippen LogP contribution < -0.4 is 10.2 Å². The quantitative estimate of drug-likeness (QED) is 0.521. The molecule has 1 atom stereocenters. The van der Waals surface area contributed by atoms with Crippen LogP contribution in [0.25, 0.3) is 0 Å². The molecule has 0 saturated carbocycles. The standard InChI is InChI=1S/C24H30N2O2S/c1-3-5-6-7-8-22(27)25-20-13-11-19(12-14-20)24-26(23(28)17-29-24)21-15-9-18(4-2)10-16-21/h9-16,24H,3-8,17H2,1-2H3,(H,25,27)/t24-/m1/s1. The Hall–Kier alpha value is -2.27. The second-order valence-electron chi connectivity index (χ2n) is 7.43. The molecule has 0 unspecified atom stereocenters. The molecule has 0 spiro atoms. The highest BCUT2D eigenvalue weighted by atomic mass is 32.2. The van der Waals surface area contributed by atoms with E-state index in [1.165, 1.54) is 18.4 Å². The molecular formula is C24H30N2O2S. The Morgan fingerprint density at radius 3 is 2.41 bits per heavy atom. The number of aryl methyl sites for hydroxylation is 1. The van der Waals surface area contributed by atoms with Crippen molar-refractivity contribution in [1.82, 2.24) is 0 Å². The van der Waals surface area contributed by atoms with E-state index in [9.17, 15) is 9.59 Å². The van der Waals surface area contributed by atoms with E-state index in [2.05, 4.69) is 31.3 Å². The first kappa shape index (κ1) is 21.4. The van der Waals surface area contributed by atoms with Gasteiger partial charge >= 0.3 is 0 Å². The Bertz CT molecular complexity index is 818. The van der Waals surface area contributed by atoms with Crippen molar-refractivity contribution in [2.45, 2.75) is 57.7 Å². The van der Waals surface area contributed by atoms with Crippen LogP contribution in [0, 0.1) is 0 Å². The van der Waals surface area contributed by atoms with E-state index in [1.807, 2.05) is 41.3 Å². The lowest BCUT2D eigenvalue weighted by molar-refractivity contribution is -0.116. The minimum absolute atomic E-state index is 0.0335. The Morgan fingerprint density at radius 2 is 1.76 bits per heavy atom. The summed E-state index contributed by atoms with van der Waals surface area (Å²) >= 11 is 1.64. The van der Waals surface area contributed by atoms with Gasteiger partial charge in [-0.05, 0) is 48.2 Å². The predicted octanol–water partition coefficient (Wildman–Crippen LogP) is 5.94. The molecule has 1 saturated heterocycles. The maximum absolute atomic E-state index is 12.5. The summed E-state index contributed by atoms with van der Waals surface area (Å²) in [5, 5.41) is 2.94. The number of thioether (sulfide) groups is 1. The molecule has 2 amide bonds. The number of nitrogens with one attached hydrogen (secondary N) is 1. The molecule has 1 aliphatic heterocycles. The highest BCUT2D eigenvalue weighted by Crippen LogP contribution is 2.42. The van der Waals surface area contributed by atoms with Gasteiger partial charge in [-0.15, -0.1) is 11.8 Å². The van der Waals surface area contributed by atoms with E-state index in [-0.39, 0.29) is 17.2 Å². The number of carbonyl (C=O) groups excluding carboxylic acids is 2. The molecule has 0 aliphatic carbocycles. The molecule has 2 aromatic rings. The summed E-state index contributed by atoms with van der Waals surface area (Å²) in [6.45, 7) is 4.29. The molecule has 0 bridgehead atoms. The van der Waals surface area contributed by atoms with Gasteiger partial charge in [-0.1, -0.05) is 57.4 Å². The fraction of sp³-hybridized carbons (Fsp3) is 0.417. The third-order valence-corrected chi connectivity index (χ3v) is 6.44. The van der Waals surface area contributed by atoms with E-state index in [4.69, 9.17) is 0 Å². The maximum atomic E-state index is 12.5. The smallest absolute Gasteiger partial charge is 0.238 e. The number of carbonyl (C=O) groups is 2. The zero-order valence-corrected chi connectivity index (χ0v) is 18.1. The zero-order chi connectivity index (χ0) is 20.6. The predicted molar refractivity (Wildman–Crippen MR) is 122 cm³/mol. The maximum Gasteiger partial charge on any atom is 0.238 e. The number of benzene rings is 2. The van der Waals surface area contributed by atoms with Crippen LogP contribution in [0.15, 0.2) is 48.5 Å². The average Bonchev–Trinajstić information content (AvgIpc) is 3.13. The van der Waals surface area contributed by atoms with Crippen molar-refractivity contribution in [3.63, 3.8) is 0 Å². The third-order valence-electron chi connectivity index (χ3n) is 5.23. The fourth-order valence-corrected chi connectivity index (χ4v) is 4.69. The van der Waals surface area contributed by atoms with Crippen LogP contribution in [0.3, 0.4) is 0 Å². The molecule has 0 aromatic heterocycles. The van der Waals surface area contributed by atoms with E-state index in [1.54, 1.807) is 11.8 Å². The summed E-state index contributed by atoms with van der Waals surface area (Å²) in [6, 6.07) is 16.1. The van der Waals surface area contributed by atoms with Gasteiger partial charge in [0.15, 0.2) is 0 Å². The van der Waals surface area contributed by atoms with Crippen LogP contribution in [-0.4, -0.2) is 17.6 Å². The van der Waals surface area contributed by atoms with Crippen molar-refractivity contribution in [2.75, 3.05) is 16.0 Å². The monoisotopic (exact) mass is 410 g/mol. The molecule has 1 fully saturated rings. The normalized spacial score (nSPS) is 16.3. The molecular weight excluding hydrogens is 380 g/mol. The number of rotatable bonds is 9. The lowest BCUT2D eigenvalue weighted by Crippen LogP contribution is -2.27. The molecule has 5 heteroatoms. The summed E-state index contributed by atoms with van der Waals surface area (Å²) in [6.07, 6.45) is 5.94. The third kappa shape index (κ3) is 5.63. The van der Waals surface area contributed by atoms with E-state index < -0.39 is 0 Å². The van der Waals surface area contributed by atoms with Crippen molar-refractivity contribution in [2.24, 2.45) is 0 Å². The second-order valence-corrected chi connectivity index (χ2v) is 8.50. The van der Waals surface area contributed by atoms with Gasteiger partial charge in [-0.2, -0.15) is 0 Å². The first-order chi connectivity index (χ1) is 14.1. The Kier molecular flexibility index (Phi) is 7.76. The molecule has 154 valence electrons. The second kappa shape index (κ2) is 10.5. The molecule has 3 rings (SSSR count). The highest BCUT2D eigenvalue weighted by Gasteiger charge is 2.33. The number of hydrogen-bond acceptors (Lipinski definition) is 3. The van der Waals surface area contributed by atoms with Gasteiger partial charge in [0.1, 0.15) is 5.37 Å². The Labute approximate surface area is 178 Å². The van der Waals surface area contributed by atoms with Gasteiger partial charge in [-0.3, -0.25) is 14.5 Å². The fourth-order valence-electron chi connectivity index (χ4n) is 3.51. The summed E-state index contributed by atoms with van der Waals surface area (Å²) in [5.74, 6) is 0.682. The van der Waals surface area contributed by atoms with Crippen molar-refractivity contribution in [1.29, 1.82) is 0 Å². The lowest BCUT2D eigenvalue weighted by atomic mass is 10.1. The van der Waals surface area contributed by atoms with Gasteiger partial charge in [0.05, 0.1) is 5.75 Å². The van der Waals surface area contributed by atoms with Crippen molar-refractivity contribution in [3.8, 4) is 0 Å². The summed E-state index contributed by atoms with van der Waals surface area (Å²) in [4.78, 5) is 26.5. The summed E-state index contributed by atoms with van der Waals surface area (Å²) in [5.41, 5.74) is 4.08. The van der Waals surface area contributed by atoms with Gasteiger partial charge in [0.25, 0.3) is 0 Å². The first-order valence-electron chi connectivity index (χ1n) is 10.5. The van der Waals surface area contributed by atoms with Crippen molar-refractivity contribution >= 4 is 35.0 Å². The van der Waals surface area contributed by atoms with E-state index >= 15 is 0 Å². The van der Waals surface area contributed by atoms with E-state index in [0.717, 1.165) is 36.2 Å². The molecule has 1 N–H and O–H groups in total. The number of amides is 2. The summed E-state index contributed by atoms with van der Waals surface area (Å²) in [7, 11) is 0.